The molecule has 29 heavy (non-hydrogen) atoms. The molecule has 0 saturated carbocycles. The smallest absolute Gasteiger partial charge is 0.332 e. The maximum atomic E-state index is 13.0. The summed E-state index contributed by atoms with van der Waals surface area (Å²) in [6, 6.07) is 1.50. The summed E-state index contributed by atoms with van der Waals surface area (Å²) in [5, 5.41) is 0.230. The van der Waals surface area contributed by atoms with Gasteiger partial charge in [0.25, 0.3) is 11.5 Å². The Bertz CT molecular complexity index is 1070. The van der Waals surface area contributed by atoms with Crippen LogP contribution in [0.25, 0.3) is 11.0 Å². The molecule has 0 spiro atoms. The van der Waals surface area contributed by atoms with Crippen molar-refractivity contribution < 1.29 is 9.59 Å². The summed E-state index contributed by atoms with van der Waals surface area (Å²) in [6.45, 7) is 2.72. The number of hydrogen-bond acceptors (Lipinski definition) is 6. The van der Waals surface area contributed by atoms with E-state index >= 15 is 0 Å². The SMILES string of the molecule is CN(C)C(=O)CN1CCCN(C(=O)c2cnc3c(c2)c(=O)n(C)c(=O)n3C)CC1. The molecule has 2 aromatic heterocycles. The number of pyridine rings is 1. The molecule has 1 fully saturated rings. The van der Waals surface area contributed by atoms with Crippen LogP contribution in [0.1, 0.15) is 16.8 Å². The van der Waals surface area contributed by atoms with Crippen LogP contribution in [-0.2, 0) is 18.9 Å². The molecule has 0 bridgehead atoms. The molecule has 156 valence electrons. The molecule has 2 aromatic rings. The zero-order chi connectivity index (χ0) is 21.3. The second-order valence-corrected chi connectivity index (χ2v) is 7.51. The van der Waals surface area contributed by atoms with Gasteiger partial charge < -0.3 is 9.80 Å². The minimum absolute atomic E-state index is 0.0324. The first-order valence-corrected chi connectivity index (χ1v) is 9.48. The van der Waals surface area contributed by atoms with Gasteiger partial charge >= 0.3 is 5.69 Å². The topological polar surface area (TPSA) is 101 Å². The van der Waals surface area contributed by atoms with Crippen molar-refractivity contribution >= 4 is 22.8 Å². The predicted octanol–water partition coefficient (Wildman–Crippen LogP) is -1.13. The quantitative estimate of drug-likeness (QED) is 0.644. The molecule has 0 radical (unpaired) electrons. The third kappa shape index (κ3) is 4.07. The second-order valence-electron chi connectivity index (χ2n) is 7.51. The van der Waals surface area contributed by atoms with Crippen molar-refractivity contribution in [2.75, 3.05) is 46.8 Å². The summed E-state index contributed by atoms with van der Waals surface area (Å²) in [5.74, 6) is -0.180. The van der Waals surface area contributed by atoms with Gasteiger partial charge in [0, 0.05) is 60.6 Å². The first kappa shape index (κ1) is 20.7. The lowest BCUT2D eigenvalue weighted by molar-refractivity contribution is -0.129. The molecule has 3 rings (SSSR count). The lowest BCUT2D eigenvalue weighted by atomic mass is 10.2. The monoisotopic (exact) mass is 402 g/mol. The third-order valence-corrected chi connectivity index (χ3v) is 5.27. The minimum Gasteiger partial charge on any atom is -0.348 e. The van der Waals surface area contributed by atoms with Crippen LogP contribution >= 0.6 is 0 Å². The fourth-order valence-corrected chi connectivity index (χ4v) is 3.43. The lowest BCUT2D eigenvalue weighted by Crippen LogP contribution is -2.40. The van der Waals surface area contributed by atoms with Gasteiger partial charge in [-0.05, 0) is 12.5 Å². The number of amides is 2. The Labute approximate surface area is 167 Å². The summed E-state index contributed by atoms with van der Waals surface area (Å²) >= 11 is 0. The Morgan fingerprint density at radius 3 is 2.48 bits per heavy atom. The van der Waals surface area contributed by atoms with E-state index in [0.29, 0.717) is 31.7 Å². The van der Waals surface area contributed by atoms with E-state index in [9.17, 15) is 19.2 Å². The van der Waals surface area contributed by atoms with Gasteiger partial charge in [0.1, 0.15) is 5.65 Å². The number of fused-ring (bicyclic) bond motifs is 1. The van der Waals surface area contributed by atoms with Crippen LogP contribution in [-0.4, -0.2) is 87.5 Å². The molecule has 0 unspecified atom stereocenters. The first-order chi connectivity index (χ1) is 13.7. The number of aromatic nitrogens is 3. The summed E-state index contributed by atoms with van der Waals surface area (Å²) in [7, 11) is 6.39. The van der Waals surface area contributed by atoms with Crippen molar-refractivity contribution in [3.8, 4) is 0 Å². The molecular weight excluding hydrogens is 376 g/mol. The molecule has 0 aliphatic carbocycles. The number of carbonyl (C=O) groups is 2. The Balaban J connectivity index is 1.82. The second kappa shape index (κ2) is 8.16. The Morgan fingerprint density at radius 1 is 1.07 bits per heavy atom. The zero-order valence-electron chi connectivity index (χ0n) is 17.2. The highest BCUT2D eigenvalue weighted by atomic mass is 16.2. The minimum atomic E-state index is -0.477. The van der Waals surface area contributed by atoms with Crippen molar-refractivity contribution in [3.63, 3.8) is 0 Å². The van der Waals surface area contributed by atoms with Gasteiger partial charge in [0.05, 0.1) is 17.5 Å². The van der Waals surface area contributed by atoms with E-state index in [-0.39, 0.29) is 22.8 Å². The van der Waals surface area contributed by atoms with E-state index in [4.69, 9.17) is 0 Å². The van der Waals surface area contributed by atoms with Crippen LogP contribution in [0.2, 0.25) is 0 Å². The van der Waals surface area contributed by atoms with Crippen molar-refractivity contribution in [2.24, 2.45) is 14.1 Å². The van der Waals surface area contributed by atoms with E-state index < -0.39 is 11.2 Å². The molecule has 0 aromatic carbocycles. The molecule has 1 saturated heterocycles. The normalized spacial score (nSPS) is 15.4. The van der Waals surface area contributed by atoms with E-state index in [0.717, 1.165) is 17.5 Å². The molecular formula is C19H26N6O4. The lowest BCUT2D eigenvalue weighted by Gasteiger charge is -2.22. The highest BCUT2D eigenvalue weighted by molar-refractivity contribution is 5.96. The van der Waals surface area contributed by atoms with Gasteiger partial charge in [-0.2, -0.15) is 0 Å². The van der Waals surface area contributed by atoms with E-state index in [1.165, 1.54) is 30.9 Å². The highest BCUT2D eigenvalue weighted by Gasteiger charge is 2.23. The average molecular weight is 402 g/mol. The molecule has 1 aliphatic heterocycles. The van der Waals surface area contributed by atoms with Crippen molar-refractivity contribution in [1.82, 2.24) is 28.8 Å². The number of carbonyl (C=O) groups excluding carboxylic acids is 2. The van der Waals surface area contributed by atoms with Crippen LogP contribution < -0.4 is 11.2 Å². The summed E-state index contributed by atoms with van der Waals surface area (Å²) < 4.78 is 2.29. The van der Waals surface area contributed by atoms with Crippen molar-refractivity contribution in [1.29, 1.82) is 0 Å². The largest absolute Gasteiger partial charge is 0.348 e. The van der Waals surface area contributed by atoms with E-state index in [1.807, 2.05) is 4.90 Å². The molecule has 2 amide bonds. The molecule has 10 heteroatoms. The molecule has 10 nitrogen and oxygen atoms in total. The average Bonchev–Trinajstić information content (AvgIpc) is 2.95. The Morgan fingerprint density at radius 2 is 1.79 bits per heavy atom. The van der Waals surface area contributed by atoms with Crippen molar-refractivity contribution in [2.45, 2.75) is 6.42 Å². The summed E-state index contributed by atoms with van der Waals surface area (Å²) in [4.78, 5) is 58.9. The fourth-order valence-electron chi connectivity index (χ4n) is 3.43. The van der Waals surface area contributed by atoms with Crippen LogP contribution in [0.4, 0.5) is 0 Å². The van der Waals surface area contributed by atoms with Gasteiger partial charge in [-0.15, -0.1) is 0 Å². The number of aryl methyl sites for hydroxylation is 1. The molecule has 0 N–H and O–H groups in total. The third-order valence-electron chi connectivity index (χ3n) is 5.27. The van der Waals surface area contributed by atoms with Gasteiger partial charge in [-0.25, -0.2) is 9.78 Å². The predicted molar refractivity (Wildman–Crippen MR) is 108 cm³/mol. The molecule has 0 atom stereocenters. The number of rotatable bonds is 3. The zero-order valence-corrected chi connectivity index (χ0v) is 17.2. The summed E-state index contributed by atoms with van der Waals surface area (Å²) in [6.07, 6.45) is 2.16. The standard InChI is InChI=1S/C19H26N6O4/c1-21(2)15(26)12-24-6-5-7-25(9-8-24)17(27)13-10-14-16(20-11-13)22(3)19(29)23(4)18(14)28/h10-11H,5-9,12H2,1-4H3. The van der Waals surface area contributed by atoms with Gasteiger partial charge in [0.15, 0.2) is 0 Å². The van der Waals surface area contributed by atoms with Gasteiger partial charge in [-0.3, -0.25) is 28.4 Å². The maximum Gasteiger partial charge on any atom is 0.332 e. The molecule has 3 heterocycles. The van der Waals surface area contributed by atoms with Gasteiger partial charge in [-0.1, -0.05) is 0 Å². The number of hydrogen-bond donors (Lipinski definition) is 0. The van der Waals surface area contributed by atoms with Gasteiger partial charge in [0.2, 0.25) is 5.91 Å². The Kier molecular flexibility index (Phi) is 5.83. The number of likely N-dealkylation sites (N-methyl/N-ethyl adjacent to an activating group) is 1. The van der Waals surface area contributed by atoms with Crippen LogP contribution in [0.15, 0.2) is 21.9 Å². The van der Waals surface area contributed by atoms with Crippen LogP contribution in [0.5, 0.6) is 0 Å². The van der Waals surface area contributed by atoms with Crippen LogP contribution in [0, 0.1) is 0 Å². The van der Waals surface area contributed by atoms with E-state index in [2.05, 4.69) is 4.98 Å². The fraction of sp³-hybridized carbons (Fsp3) is 0.526. The molecule has 1 aliphatic rings. The Hall–Kier alpha value is -3.01. The highest BCUT2D eigenvalue weighted by Crippen LogP contribution is 2.12. The van der Waals surface area contributed by atoms with Crippen molar-refractivity contribution in [3.05, 3.63) is 38.7 Å². The summed E-state index contributed by atoms with van der Waals surface area (Å²) in [5.41, 5.74) is -0.381. The van der Waals surface area contributed by atoms with E-state index in [1.54, 1.807) is 23.9 Å². The maximum absolute atomic E-state index is 13.0. The number of nitrogens with zero attached hydrogens (tertiary/aromatic N) is 6. The van der Waals surface area contributed by atoms with Crippen LogP contribution in [0.3, 0.4) is 0 Å². The first-order valence-electron chi connectivity index (χ1n) is 9.48.